The van der Waals surface area contributed by atoms with Crippen molar-refractivity contribution in [1.29, 1.82) is 0 Å². The quantitative estimate of drug-likeness (QED) is 0.861. The molecule has 4 nitrogen and oxygen atoms in total. The molecule has 0 radical (unpaired) electrons. The fourth-order valence-electron chi connectivity index (χ4n) is 1.79. The van der Waals surface area contributed by atoms with E-state index >= 15 is 0 Å². The standard InChI is InChI=1S/C11H10ClNO3/c12-8-3-1-2-7-6-9(11(15)16)13(4-5-14)10(7)8/h1-3,6,14H,4-5H2,(H,15,16). The molecule has 16 heavy (non-hydrogen) atoms. The van der Waals surface area contributed by atoms with Gasteiger partial charge < -0.3 is 14.8 Å². The van der Waals surface area contributed by atoms with Gasteiger partial charge in [0.25, 0.3) is 0 Å². The summed E-state index contributed by atoms with van der Waals surface area (Å²) in [5.74, 6) is -1.03. The molecular formula is C11H10ClNO3. The zero-order valence-corrected chi connectivity index (χ0v) is 9.11. The minimum absolute atomic E-state index is 0.130. The minimum Gasteiger partial charge on any atom is -0.477 e. The number of hydrogen-bond donors (Lipinski definition) is 2. The predicted octanol–water partition coefficient (Wildman–Crippen LogP) is 1.99. The van der Waals surface area contributed by atoms with Gasteiger partial charge in [0.05, 0.1) is 17.1 Å². The molecule has 0 amide bonds. The molecule has 1 aromatic carbocycles. The normalized spacial score (nSPS) is 10.9. The Kier molecular flexibility index (Phi) is 2.85. The van der Waals surface area contributed by atoms with E-state index in [0.29, 0.717) is 10.5 Å². The van der Waals surface area contributed by atoms with Crippen molar-refractivity contribution in [2.45, 2.75) is 6.54 Å². The van der Waals surface area contributed by atoms with Gasteiger partial charge in [0, 0.05) is 11.9 Å². The predicted molar refractivity (Wildman–Crippen MR) is 61.0 cm³/mol. The molecule has 0 fully saturated rings. The highest BCUT2D eigenvalue weighted by molar-refractivity contribution is 6.35. The second kappa shape index (κ2) is 4.15. The van der Waals surface area contributed by atoms with Crippen LogP contribution < -0.4 is 0 Å². The lowest BCUT2D eigenvalue weighted by Gasteiger charge is -2.06. The van der Waals surface area contributed by atoms with Crippen LogP contribution in [0.1, 0.15) is 10.5 Å². The first-order chi connectivity index (χ1) is 7.65. The lowest BCUT2D eigenvalue weighted by molar-refractivity contribution is 0.0684. The Morgan fingerprint density at radius 3 is 2.81 bits per heavy atom. The Hall–Kier alpha value is -1.52. The molecule has 0 unspecified atom stereocenters. The van der Waals surface area contributed by atoms with Gasteiger partial charge in [0.15, 0.2) is 0 Å². The molecule has 1 heterocycles. The molecule has 2 aromatic rings. The third-order valence-electron chi connectivity index (χ3n) is 2.41. The highest BCUT2D eigenvalue weighted by atomic mass is 35.5. The molecule has 0 saturated carbocycles. The van der Waals surface area contributed by atoms with Crippen LogP contribution in [0.5, 0.6) is 0 Å². The molecule has 2 N–H and O–H groups in total. The van der Waals surface area contributed by atoms with Crippen LogP contribution >= 0.6 is 11.6 Å². The van der Waals surface area contributed by atoms with Gasteiger partial charge in [-0.2, -0.15) is 0 Å². The molecule has 0 atom stereocenters. The topological polar surface area (TPSA) is 62.5 Å². The SMILES string of the molecule is O=C(O)c1cc2cccc(Cl)c2n1CCO. The zero-order valence-electron chi connectivity index (χ0n) is 8.35. The number of rotatable bonds is 3. The number of aromatic carboxylic acids is 1. The third kappa shape index (κ3) is 1.66. The van der Waals surface area contributed by atoms with Gasteiger partial charge in [-0.1, -0.05) is 23.7 Å². The highest BCUT2D eigenvalue weighted by Crippen LogP contribution is 2.27. The van der Waals surface area contributed by atoms with Crippen molar-refractivity contribution in [3.8, 4) is 0 Å². The van der Waals surface area contributed by atoms with Crippen molar-refractivity contribution in [2.75, 3.05) is 6.61 Å². The molecule has 0 aliphatic rings. The van der Waals surface area contributed by atoms with E-state index < -0.39 is 5.97 Å². The van der Waals surface area contributed by atoms with E-state index in [4.69, 9.17) is 21.8 Å². The Labute approximate surface area is 96.7 Å². The monoisotopic (exact) mass is 239 g/mol. The molecule has 0 bridgehead atoms. The van der Waals surface area contributed by atoms with Gasteiger partial charge in [0.2, 0.25) is 0 Å². The molecule has 84 valence electrons. The summed E-state index contributed by atoms with van der Waals surface area (Å²) in [6, 6.07) is 6.81. The maximum Gasteiger partial charge on any atom is 0.352 e. The zero-order chi connectivity index (χ0) is 11.7. The fourth-order valence-corrected chi connectivity index (χ4v) is 2.07. The number of nitrogens with zero attached hydrogens (tertiary/aromatic N) is 1. The number of aliphatic hydroxyl groups is 1. The van der Waals surface area contributed by atoms with E-state index in [1.54, 1.807) is 24.3 Å². The number of aromatic nitrogens is 1. The van der Waals surface area contributed by atoms with Gasteiger partial charge in [-0.05, 0) is 12.1 Å². The summed E-state index contributed by atoms with van der Waals surface area (Å²) in [5.41, 5.74) is 0.785. The average molecular weight is 240 g/mol. The van der Waals surface area contributed by atoms with Crippen molar-refractivity contribution in [3.63, 3.8) is 0 Å². The maximum absolute atomic E-state index is 11.0. The lowest BCUT2D eigenvalue weighted by Crippen LogP contribution is -2.10. The third-order valence-corrected chi connectivity index (χ3v) is 2.72. The molecule has 1 aromatic heterocycles. The van der Waals surface area contributed by atoms with Crippen LogP contribution in [0.3, 0.4) is 0 Å². The molecule has 0 aliphatic carbocycles. The van der Waals surface area contributed by atoms with Crippen LogP contribution in [0.25, 0.3) is 10.9 Å². The molecule has 0 spiro atoms. The number of carboxylic acid groups (broad SMARTS) is 1. The van der Waals surface area contributed by atoms with Crippen LogP contribution in [-0.2, 0) is 6.54 Å². The number of benzene rings is 1. The lowest BCUT2D eigenvalue weighted by atomic mass is 10.2. The number of halogens is 1. The number of fused-ring (bicyclic) bond motifs is 1. The Balaban J connectivity index is 2.77. The maximum atomic E-state index is 11.0. The Bertz CT molecular complexity index is 547. The van der Waals surface area contributed by atoms with E-state index in [1.807, 2.05) is 0 Å². The summed E-state index contributed by atoms with van der Waals surface area (Å²) in [7, 11) is 0. The van der Waals surface area contributed by atoms with E-state index in [-0.39, 0.29) is 18.8 Å². The summed E-state index contributed by atoms with van der Waals surface area (Å²) in [6.45, 7) is 0.0875. The summed E-state index contributed by atoms with van der Waals surface area (Å²) in [4.78, 5) is 11.0. The van der Waals surface area contributed by atoms with Gasteiger partial charge in [0.1, 0.15) is 5.69 Å². The van der Waals surface area contributed by atoms with Gasteiger partial charge in [-0.3, -0.25) is 0 Å². The largest absolute Gasteiger partial charge is 0.477 e. The molecule has 5 heteroatoms. The van der Waals surface area contributed by atoms with Crippen LogP contribution in [0.4, 0.5) is 0 Å². The summed E-state index contributed by atoms with van der Waals surface area (Å²) in [5, 5.41) is 19.2. The summed E-state index contributed by atoms with van der Waals surface area (Å²) >= 11 is 6.02. The van der Waals surface area contributed by atoms with E-state index in [1.165, 1.54) is 4.57 Å². The highest BCUT2D eigenvalue weighted by Gasteiger charge is 2.15. The number of carbonyl (C=O) groups is 1. The van der Waals surface area contributed by atoms with Crippen LogP contribution in [0.2, 0.25) is 5.02 Å². The molecule has 0 saturated heterocycles. The number of para-hydroxylation sites is 1. The Morgan fingerprint density at radius 1 is 1.44 bits per heavy atom. The first-order valence-corrected chi connectivity index (χ1v) is 5.15. The van der Waals surface area contributed by atoms with Crippen molar-refractivity contribution >= 4 is 28.5 Å². The van der Waals surface area contributed by atoms with Gasteiger partial charge in [-0.15, -0.1) is 0 Å². The summed E-state index contributed by atoms with van der Waals surface area (Å²) < 4.78 is 1.51. The number of hydrogen-bond acceptors (Lipinski definition) is 2. The summed E-state index contributed by atoms with van der Waals surface area (Å²) in [6.07, 6.45) is 0. The van der Waals surface area contributed by atoms with Crippen molar-refractivity contribution in [2.24, 2.45) is 0 Å². The van der Waals surface area contributed by atoms with E-state index in [9.17, 15) is 4.79 Å². The number of aliphatic hydroxyl groups excluding tert-OH is 1. The average Bonchev–Trinajstić information content (AvgIpc) is 2.59. The van der Waals surface area contributed by atoms with Crippen LogP contribution in [0, 0.1) is 0 Å². The van der Waals surface area contributed by atoms with E-state index in [2.05, 4.69) is 0 Å². The van der Waals surface area contributed by atoms with Gasteiger partial charge >= 0.3 is 5.97 Å². The smallest absolute Gasteiger partial charge is 0.352 e. The molecular weight excluding hydrogens is 230 g/mol. The fraction of sp³-hybridized carbons (Fsp3) is 0.182. The van der Waals surface area contributed by atoms with Crippen LogP contribution in [0.15, 0.2) is 24.3 Å². The Morgan fingerprint density at radius 2 is 2.19 bits per heavy atom. The van der Waals surface area contributed by atoms with Crippen LogP contribution in [-0.4, -0.2) is 27.4 Å². The second-order valence-corrected chi connectivity index (χ2v) is 3.79. The minimum atomic E-state index is -1.03. The van der Waals surface area contributed by atoms with Gasteiger partial charge in [-0.25, -0.2) is 4.79 Å². The van der Waals surface area contributed by atoms with Crippen molar-refractivity contribution < 1.29 is 15.0 Å². The van der Waals surface area contributed by atoms with E-state index in [0.717, 1.165) is 5.39 Å². The first-order valence-electron chi connectivity index (χ1n) is 4.77. The molecule has 0 aliphatic heterocycles. The first kappa shape index (κ1) is 11.0. The van der Waals surface area contributed by atoms with Crippen molar-refractivity contribution in [3.05, 3.63) is 35.0 Å². The second-order valence-electron chi connectivity index (χ2n) is 3.39. The molecule has 2 rings (SSSR count). The number of carboxylic acids is 1. The van der Waals surface area contributed by atoms with Crippen molar-refractivity contribution in [1.82, 2.24) is 4.57 Å².